The number of benzene rings is 1. The van der Waals surface area contributed by atoms with Gasteiger partial charge in [0.15, 0.2) is 0 Å². The number of fused-ring (bicyclic) bond motifs is 1. The molecule has 5 heteroatoms. The van der Waals surface area contributed by atoms with Gasteiger partial charge in [0.25, 0.3) is 5.91 Å². The molecule has 2 atom stereocenters. The second kappa shape index (κ2) is 4.90. The van der Waals surface area contributed by atoms with Crippen molar-refractivity contribution in [3.8, 4) is 0 Å². The summed E-state index contributed by atoms with van der Waals surface area (Å²) >= 11 is 1.56. The molecule has 1 amide bonds. The van der Waals surface area contributed by atoms with Crippen LogP contribution in [0.25, 0.3) is 10.2 Å². The lowest BCUT2D eigenvalue weighted by atomic mass is 10.1. The fourth-order valence-corrected chi connectivity index (χ4v) is 3.23. The highest BCUT2D eigenvalue weighted by molar-refractivity contribution is 7.16. The van der Waals surface area contributed by atoms with E-state index in [9.17, 15) is 4.79 Å². The van der Waals surface area contributed by atoms with Crippen molar-refractivity contribution < 1.29 is 9.53 Å². The Balaban J connectivity index is 1.86. The summed E-state index contributed by atoms with van der Waals surface area (Å²) < 4.78 is 6.71. The summed E-state index contributed by atoms with van der Waals surface area (Å²) in [6.45, 7) is 5.32. The molecule has 0 saturated carbocycles. The van der Waals surface area contributed by atoms with Gasteiger partial charge in [-0.1, -0.05) is 0 Å². The third-order valence-corrected chi connectivity index (χ3v) is 4.08. The van der Waals surface area contributed by atoms with Crippen molar-refractivity contribution in [1.82, 2.24) is 9.88 Å². The predicted octanol–water partition coefficient (Wildman–Crippen LogP) is 2.55. The first kappa shape index (κ1) is 12.6. The van der Waals surface area contributed by atoms with Crippen LogP contribution in [0.15, 0.2) is 23.7 Å². The molecule has 0 bridgehead atoms. The number of ether oxygens (including phenoxy) is 1. The molecule has 1 aromatic carbocycles. The van der Waals surface area contributed by atoms with Gasteiger partial charge in [0.1, 0.15) is 0 Å². The second-order valence-electron chi connectivity index (χ2n) is 5.00. The summed E-state index contributed by atoms with van der Waals surface area (Å²) in [7, 11) is 0. The van der Waals surface area contributed by atoms with Crippen LogP contribution in [-0.4, -0.2) is 41.1 Å². The molecule has 4 nitrogen and oxygen atoms in total. The van der Waals surface area contributed by atoms with Gasteiger partial charge in [-0.05, 0) is 32.0 Å². The maximum Gasteiger partial charge on any atom is 0.254 e. The highest BCUT2D eigenvalue weighted by atomic mass is 32.1. The number of nitrogens with zero attached hydrogens (tertiary/aromatic N) is 2. The van der Waals surface area contributed by atoms with Gasteiger partial charge in [0.05, 0.1) is 27.9 Å². The number of morpholine rings is 1. The molecule has 0 N–H and O–H groups in total. The summed E-state index contributed by atoms with van der Waals surface area (Å²) in [5.41, 5.74) is 3.49. The third kappa shape index (κ3) is 2.48. The minimum Gasteiger partial charge on any atom is -0.372 e. The molecule has 100 valence electrons. The van der Waals surface area contributed by atoms with E-state index in [0.29, 0.717) is 13.1 Å². The molecule has 19 heavy (non-hydrogen) atoms. The predicted molar refractivity (Wildman–Crippen MR) is 75.5 cm³/mol. The first-order valence-electron chi connectivity index (χ1n) is 6.41. The van der Waals surface area contributed by atoms with Gasteiger partial charge in [-0.3, -0.25) is 4.79 Å². The molecule has 1 aliphatic heterocycles. The molecular weight excluding hydrogens is 260 g/mol. The Morgan fingerprint density at radius 2 is 2.11 bits per heavy atom. The van der Waals surface area contributed by atoms with Gasteiger partial charge in [0, 0.05) is 18.7 Å². The Hall–Kier alpha value is -1.46. The van der Waals surface area contributed by atoms with E-state index in [4.69, 9.17) is 4.74 Å². The summed E-state index contributed by atoms with van der Waals surface area (Å²) in [5.74, 6) is 0.0808. The van der Waals surface area contributed by atoms with E-state index >= 15 is 0 Å². The smallest absolute Gasteiger partial charge is 0.254 e. The van der Waals surface area contributed by atoms with Crippen molar-refractivity contribution in [2.45, 2.75) is 26.1 Å². The van der Waals surface area contributed by atoms with E-state index < -0.39 is 0 Å². The van der Waals surface area contributed by atoms with Crippen molar-refractivity contribution in [1.29, 1.82) is 0 Å². The van der Waals surface area contributed by atoms with E-state index in [2.05, 4.69) is 4.98 Å². The quantitative estimate of drug-likeness (QED) is 0.804. The number of hydrogen-bond donors (Lipinski definition) is 0. The minimum atomic E-state index is 0.0808. The van der Waals surface area contributed by atoms with Crippen molar-refractivity contribution in [2.75, 3.05) is 13.1 Å². The number of hydrogen-bond acceptors (Lipinski definition) is 4. The fourth-order valence-electron chi connectivity index (χ4n) is 2.51. The topological polar surface area (TPSA) is 42.4 Å². The zero-order chi connectivity index (χ0) is 13.4. The van der Waals surface area contributed by atoms with Gasteiger partial charge in [-0.25, -0.2) is 4.98 Å². The summed E-state index contributed by atoms with van der Waals surface area (Å²) in [4.78, 5) is 18.6. The Bertz CT molecular complexity index is 600. The van der Waals surface area contributed by atoms with E-state index in [1.807, 2.05) is 36.9 Å². The minimum absolute atomic E-state index is 0.0808. The Morgan fingerprint density at radius 3 is 2.84 bits per heavy atom. The Morgan fingerprint density at radius 1 is 1.37 bits per heavy atom. The lowest BCUT2D eigenvalue weighted by Crippen LogP contribution is -2.48. The van der Waals surface area contributed by atoms with Crippen LogP contribution in [0.5, 0.6) is 0 Å². The van der Waals surface area contributed by atoms with Gasteiger partial charge >= 0.3 is 0 Å². The van der Waals surface area contributed by atoms with E-state index in [1.165, 1.54) is 0 Å². The molecule has 1 aliphatic rings. The summed E-state index contributed by atoms with van der Waals surface area (Å²) in [6.07, 6.45) is 0.194. The zero-order valence-electron chi connectivity index (χ0n) is 11.0. The van der Waals surface area contributed by atoms with Crippen LogP contribution in [0, 0.1) is 0 Å². The largest absolute Gasteiger partial charge is 0.372 e. The molecule has 3 rings (SSSR count). The average Bonchev–Trinajstić information content (AvgIpc) is 2.83. The van der Waals surface area contributed by atoms with Crippen LogP contribution >= 0.6 is 11.3 Å². The molecule has 1 saturated heterocycles. The number of aromatic nitrogens is 1. The summed E-state index contributed by atoms with van der Waals surface area (Å²) in [6, 6.07) is 5.70. The van der Waals surface area contributed by atoms with Crippen molar-refractivity contribution in [3.63, 3.8) is 0 Å². The van der Waals surface area contributed by atoms with E-state index in [1.54, 1.807) is 16.8 Å². The van der Waals surface area contributed by atoms with Gasteiger partial charge in [0.2, 0.25) is 0 Å². The fraction of sp³-hybridized carbons (Fsp3) is 0.429. The van der Waals surface area contributed by atoms with E-state index in [0.717, 1.165) is 15.8 Å². The summed E-state index contributed by atoms with van der Waals surface area (Å²) in [5, 5.41) is 0. The lowest BCUT2D eigenvalue weighted by Gasteiger charge is -2.35. The van der Waals surface area contributed by atoms with Crippen LogP contribution in [0.2, 0.25) is 0 Å². The zero-order valence-corrected chi connectivity index (χ0v) is 11.8. The second-order valence-corrected chi connectivity index (χ2v) is 5.89. The van der Waals surface area contributed by atoms with Gasteiger partial charge in [-0.15, -0.1) is 11.3 Å². The van der Waals surface area contributed by atoms with Crippen molar-refractivity contribution >= 4 is 27.5 Å². The van der Waals surface area contributed by atoms with Crippen LogP contribution in [0.1, 0.15) is 24.2 Å². The lowest BCUT2D eigenvalue weighted by molar-refractivity contribution is -0.0586. The Labute approximate surface area is 116 Å². The van der Waals surface area contributed by atoms with Crippen LogP contribution < -0.4 is 0 Å². The number of carbonyl (C=O) groups is 1. The molecule has 0 aliphatic carbocycles. The third-order valence-electron chi connectivity index (χ3n) is 3.29. The first-order valence-corrected chi connectivity index (χ1v) is 7.29. The monoisotopic (exact) mass is 276 g/mol. The number of amides is 1. The standard InChI is InChI=1S/C14H16N2O2S/c1-9-6-16(7-10(2)18-9)14(17)11-3-4-12-13(5-11)19-8-15-12/h3-5,8-10H,6-7H2,1-2H3/t9-,10-/m1/s1. The normalized spacial score (nSPS) is 23.8. The highest BCUT2D eigenvalue weighted by Crippen LogP contribution is 2.21. The average molecular weight is 276 g/mol. The van der Waals surface area contributed by atoms with Gasteiger partial charge < -0.3 is 9.64 Å². The highest BCUT2D eigenvalue weighted by Gasteiger charge is 2.26. The SMILES string of the molecule is C[C@@H]1CN(C(=O)c2ccc3ncsc3c2)C[C@@H](C)O1. The van der Waals surface area contributed by atoms with Crippen molar-refractivity contribution in [3.05, 3.63) is 29.3 Å². The molecule has 0 unspecified atom stereocenters. The molecule has 0 radical (unpaired) electrons. The van der Waals surface area contributed by atoms with Crippen LogP contribution in [0.4, 0.5) is 0 Å². The van der Waals surface area contributed by atoms with Crippen molar-refractivity contribution in [2.24, 2.45) is 0 Å². The first-order chi connectivity index (χ1) is 9.13. The van der Waals surface area contributed by atoms with Crippen LogP contribution in [-0.2, 0) is 4.74 Å². The molecule has 2 heterocycles. The molecule has 0 spiro atoms. The molecule has 1 aromatic heterocycles. The van der Waals surface area contributed by atoms with E-state index in [-0.39, 0.29) is 18.1 Å². The molecule has 2 aromatic rings. The number of carbonyl (C=O) groups excluding carboxylic acids is 1. The Kier molecular flexibility index (Phi) is 3.24. The van der Waals surface area contributed by atoms with Gasteiger partial charge in [-0.2, -0.15) is 0 Å². The molecular formula is C14H16N2O2S. The van der Waals surface area contributed by atoms with Crippen LogP contribution in [0.3, 0.4) is 0 Å². The molecule has 1 fully saturated rings. The maximum absolute atomic E-state index is 12.5. The maximum atomic E-state index is 12.5. The number of thiazole rings is 1. The number of rotatable bonds is 1.